The first-order valence-electron chi connectivity index (χ1n) is 6.00. The fourth-order valence-corrected chi connectivity index (χ4v) is 4.37. The second-order valence-corrected chi connectivity index (χ2v) is 7.35. The molecule has 0 saturated carbocycles. The molecule has 0 spiro atoms. The van der Waals surface area contributed by atoms with Crippen molar-refractivity contribution in [1.29, 1.82) is 0 Å². The van der Waals surface area contributed by atoms with Crippen LogP contribution in [0.25, 0.3) is 0 Å². The highest BCUT2D eigenvalue weighted by molar-refractivity contribution is 7.89. The molecule has 0 aliphatic carbocycles. The Morgan fingerprint density at radius 1 is 1.45 bits per heavy atom. The monoisotopic (exact) mass is 337 g/mol. The molecule has 2 heterocycles. The number of thiocarbonyl (C=S) groups is 1. The Balaban J connectivity index is 2.12. The van der Waals surface area contributed by atoms with Gasteiger partial charge in [0.1, 0.15) is 0 Å². The van der Waals surface area contributed by atoms with Gasteiger partial charge in [-0.2, -0.15) is 9.40 Å². The van der Waals surface area contributed by atoms with E-state index in [2.05, 4.69) is 5.10 Å². The SMILES string of the molecule is Cn1ncc(Cl)c1S(=O)(=O)N1CCN(CC(N)=S)CC1. The third-order valence-corrected chi connectivity index (χ3v) is 5.67. The lowest BCUT2D eigenvalue weighted by atomic mass is 10.3. The number of halogens is 1. The zero-order valence-electron chi connectivity index (χ0n) is 11.0. The topological polar surface area (TPSA) is 84.5 Å². The summed E-state index contributed by atoms with van der Waals surface area (Å²) in [5.74, 6) is 0. The lowest BCUT2D eigenvalue weighted by molar-refractivity contribution is 0.209. The van der Waals surface area contributed by atoms with Gasteiger partial charge in [0.15, 0.2) is 5.03 Å². The van der Waals surface area contributed by atoms with Crippen molar-refractivity contribution < 1.29 is 8.42 Å². The van der Waals surface area contributed by atoms with E-state index < -0.39 is 10.0 Å². The lowest BCUT2D eigenvalue weighted by Crippen LogP contribution is -2.50. The third kappa shape index (κ3) is 3.12. The van der Waals surface area contributed by atoms with Crippen LogP contribution >= 0.6 is 23.8 Å². The van der Waals surface area contributed by atoms with Gasteiger partial charge in [-0.15, -0.1) is 0 Å². The molecule has 0 atom stereocenters. The first-order chi connectivity index (χ1) is 9.32. The fourth-order valence-electron chi connectivity index (χ4n) is 2.16. The van der Waals surface area contributed by atoms with Crippen LogP contribution in [0.2, 0.25) is 5.02 Å². The number of hydrogen-bond donors (Lipinski definition) is 1. The molecule has 1 aliphatic heterocycles. The summed E-state index contributed by atoms with van der Waals surface area (Å²) < 4.78 is 27.7. The minimum absolute atomic E-state index is 0.0296. The van der Waals surface area contributed by atoms with Crippen molar-refractivity contribution in [2.45, 2.75) is 5.03 Å². The first kappa shape index (κ1) is 15.6. The van der Waals surface area contributed by atoms with Crippen LogP contribution in [-0.4, -0.2) is 65.1 Å². The van der Waals surface area contributed by atoms with Crippen molar-refractivity contribution in [2.75, 3.05) is 32.7 Å². The largest absolute Gasteiger partial charge is 0.392 e. The summed E-state index contributed by atoms with van der Waals surface area (Å²) in [6.07, 6.45) is 1.33. The zero-order valence-corrected chi connectivity index (χ0v) is 13.4. The number of aryl methyl sites for hydroxylation is 1. The van der Waals surface area contributed by atoms with Gasteiger partial charge in [0.2, 0.25) is 0 Å². The molecule has 10 heteroatoms. The van der Waals surface area contributed by atoms with Crippen LogP contribution < -0.4 is 5.73 Å². The van der Waals surface area contributed by atoms with Gasteiger partial charge in [0, 0.05) is 39.8 Å². The fraction of sp³-hybridized carbons (Fsp3) is 0.600. The highest BCUT2D eigenvalue weighted by atomic mass is 35.5. The number of rotatable bonds is 4. The molecule has 7 nitrogen and oxygen atoms in total. The quantitative estimate of drug-likeness (QED) is 0.757. The van der Waals surface area contributed by atoms with E-state index in [1.165, 1.54) is 15.2 Å². The van der Waals surface area contributed by atoms with E-state index in [0.717, 1.165) is 0 Å². The molecule has 1 saturated heterocycles. The van der Waals surface area contributed by atoms with E-state index >= 15 is 0 Å². The van der Waals surface area contributed by atoms with Gasteiger partial charge in [0.05, 0.1) is 16.2 Å². The molecule has 1 aliphatic rings. The number of nitrogens with two attached hydrogens (primary N) is 1. The smallest absolute Gasteiger partial charge is 0.261 e. The summed E-state index contributed by atoms with van der Waals surface area (Å²) in [6, 6.07) is 0. The van der Waals surface area contributed by atoms with Crippen molar-refractivity contribution in [2.24, 2.45) is 12.8 Å². The Morgan fingerprint density at radius 3 is 2.50 bits per heavy atom. The van der Waals surface area contributed by atoms with Crippen molar-refractivity contribution in [3.63, 3.8) is 0 Å². The Hall–Kier alpha value is -0.740. The molecule has 0 amide bonds. The number of aromatic nitrogens is 2. The molecule has 0 radical (unpaired) electrons. The van der Waals surface area contributed by atoms with Crippen LogP contribution in [0.3, 0.4) is 0 Å². The predicted octanol–water partition coefficient (Wildman–Crippen LogP) is -0.334. The minimum atomic E-state index is -3.62. The van der Waals surface area contributed by atoms with Gasteiger partial charge in [-0.1, -0.05) is 23.8 Å². The van der Waals surface area contributed by atoms with E-state index in [-0.39, 0.29) is 10.0 Å². The van der Waals surface area contributed by atoms with Crippen molar-refractivity contribution in [1.82, 2.24) is 19.0 Å². The second-order valence-electron chi connectivity index (χ2n) is 4.57. The molecule has 0 bridgehead atoms. The Morgan fingerprint density at radius 2 is 2.05 bits per heavy atom. The molecule has 1 aromatic rings. The van der Waals surface area contributed by atoms with E-state index in [0.29, 0.717) is 37.7 Å². The molecular formula is C10H16ClN5O2S2. The highest BCUT2D eigenvalue weighted by Crippen LogP contribution is 2.24. The molecule has 1 aromatic heterocycles. The summed E-state index contributed by atoms with van der Waals surface area (Å²) >= 11 is 10.8. The van der Waals surface area contributed by atoms with E-state index in [9.17, 15) is 8.42 Å². The summed E-state index contributed by atoms with van der Waals surface area (Å²) in [5.41, 5.74) is 5.49. The van der Waals surface area contributed by atoms with Gasteiger partial charge in [-0.25, -0.2) is 8.42 Å². The summed E-state index contributed by atoms with van der Waals surface area (Å²) in [5, 5.41) is 4.03. The lowest BCUT2D eigenvalue weighted by Gasteiger charge is -2.33. The van der Waals surface area contributed by atoms with Crippen LogP contribution in [0, 0.1) is 0 Å². The first-order valence-corrected chi connectivity index (χ1v) is 8.23. The third-order valence-electron chi connectivity index (χ3n) is 3.14. The minimum Gasteiger partial charge on any atom is -0.392 e. The van der Waals surface area contributed by atoms with E-state index in [1.807, 2.05) is 4.90 Å². The summed E-state index contributed by atoms with van der Waals surface area (Å²) in [6.45, 7) is 2.45. The molecule has 0 unspecified atom stereocenters. The van der Waals surface area contributed by atoms with Gasteiger partial charge in [0.25, 0.3) is 10.0 Å². The maximum atomic E-state index is 12.5. The van der Waals surface area contributed by atoms with Crippen LogP contribution in [-0.2, 0) is 17.1 Å². The number of nitrogens with zero attached hydrogens (tertiary/aromatic N) is 4. The average molecular weight is 338 g/mol. The zero-order chi connectivity index (χ0) is 14.9. The molecule has 2 N–H and O–H groups in total. The van der Waals surface area contributed by atoms with Gasteiger partial charge >= 0.3 is 0 Å². The summed E-state index contributed by atoms with van der Waals surface area (Å²) in [4.78, 5) is 2.44. The van der Waals surface area contributed by atoms with Crippen molar-refractivity contribution >= 4 is 38.8 Å². The molecule has 2 rings (SSSR count). The van der Waals surface area contributed by atoms with E-state index in [1.54, 1.807) is 7.05 Å². The Labute approximate surface area is 128 Å². The number of piperazine rings is 1. The van der Waals surface area contributed by atoms with Crippen molar-refractivity contribution in [3.8, 4) is 0 Å². The van der Waals surface area contributed by atoms with Gasteiger partial charge < -0.3 is 5.73 Å². The molecular weight excluding hydrogens is 322 g/mol. The van der Waals surface area contributed by atoms with Gasteiger partial charge in [-0.05, 0) is 0 Å². The Kier molecular flexibility index (Phi) is 4.65. The van der Waals surface area contributed by atoms with Gasteiger partial charge in [-0.3, -0.25) is 9.58 Å². The maximum absolute atomic E-state index is 12.5. The summed E-state index contributed by atoms with van der Waals surface area (Å²) in [7, 11) is -2.06. The van der Waals surface area contributed by atoms with E-state index in [4.69, 9.17) is 29.6 Å². The Bertz CT molecular complexity index is 588. The standard InChI is InChI=1S/C10H16ClN5O2S2/c1-14-10(8(11)6-13-14)20(17,18)16-4-2-15(3-5-16)7-9(12)19/h6H,2-5,7H2,1H3,(H2,12,19). The molecule has 20 heavy (non-hydrogen) atoms. The highest BCUT2D eigenvalue weighted by Gasteiger charge is 2.32. The molecule has 0 aromatic carbocycles. The number of hydrogen-bond acceptors (Lipinski definition) is 5. The average Bonchev–Trinajstić information content (AvgIpc) is 2.69. The maximum Gasteiger partial charge on any atom is 0.261 e. The van der Waals surface area contributed by atoms with Crippen LogP contribution in [0.1, 0.15) is 0 Å². The van der Waals surface area contributed by atoms with Crippen LogP contribution in [0.15, 0.2) is 11.2 Å². The van der Waals surface area contributed by atoms with Crippen molar-refractivity contribution in [3.05, 3.63) is 11.2 Å². The second kappa shape index (κ2) is 5.94. The number of sulfonamides is 1. The molecule has 112 valence electrons. The van der Waals surface area contributed by atoms with Crippen LogP contribution in [0.5, 0.6) is 0 Å². The van der Waals surface area contributed by atoms with Crippen LogP contribution in [0.4, 0.5) is 0 Å². The normalized spacial score (nSPS) is 18.3. The molecule has 1 fully saturated rings. The predicted molar refractivity (Wildman–Crippen MR) is 80.2 cm³/mol.